The molecule has 4 N–H and O–H groups in total. The molecule has 0 amide bonds. The molecule has 0 saturated heterocycles. The lowest BCUT2D eigenvalue weighted by atomic mass is 9.46. The van der Waals surface area contributed by atoms with Crippen molar-refractivity contribution in [2.75, 3.05) is 0 Å². The second kappa shape index (κ2) is 7.90. The van der Waals surface area contributed by atoms with E-state index in [0.717, 1.165) is 37.7 Å². The van der Waals surface area contributed by atoms with E-state index in [1.807, 2.05) is 0 Å². The van der Waals surface area contributed by atoms with Crippen LogP contribution < -0.4 is 0 Å². The third-order valence-electron chi connectivity index (χ3n) is 10.4. The van der Waals surface area contributed by atoms with Crippen LogP contribution in [0.2, 0.25) is 0 Å². The highest BCUT2D eigenvalue weighted by molar-refractivity contribution is 5.95. The molecule has 32 heavy (non-hydrogen) atoms. The second-order valence-electron chi connectivity index (χ2n) is 12.8. The number of rotatable bonds is 5. The first-order valence-corrected chi connectivity index (χ1v) is 12.8. The Balaban J connectivity index is 1.61. The lowest BCUT2D eigenvalue weighted by Crippen LogP contribution is -2.59. The van der Waals surface area contributed by atoms with Crippen LogP contribution in [0.3, 0.4) is 0 Å². The minimum Gasteiger partial charge on any atom is -0.393 e. The standard InChI is InChI=1S/C27H44O5/c1-16(22(29)9-10-24(2,3)31)18-8-13-27(32)20-15-23(30)21-14-17(28)6-11-25(21,4)19(20)7-12-26(18,27)5/h15-19,21-22,28-29,31-32H,6-14H2,1-5H3/t16-,17+,18-,19+,21+,22-,25-,26-,27+/m1/s1. The van der Waals surface area contributed by atoms with Crippen LogP contribution in [0.15, 0.2) is 11.6 Å². The minimum atomic E-state index is -1.01. The fraction of sp³-hybridized carbons (Fsp3) is 0.889. The van der Waals surface area contributed by atoms with Crippen LogP contribution in [0.25, 0.3) is 0 Å². The van der Waals surface area contributed by atoms with Crippen LogP contribution in [0.5, 0.6) is 0 Å². The van der Waals surface area contributed by atoms with Gasteiger partial charge in [0.2, 0.25) is 0 Å². The summed E-state index contributed by atoms with van der Waals surface area (Å²) in [6.45, 7) is 10.0. The maximum atomic E-state index is 13.2. The molecule has 4 rings (SSSR count). The average molecular weight is 449 g/mol. The molecule has 0 radical (unpaired) electrons. The van der Waals surface area contributed by atoms with Crippen molar-refractivity contribution in [2.45, 2.75) is 116 Å². The Morgan fingerprint density at radius 3 is 2.47 bits per heavy atom. The van der Waals surface area contributed by atoms with Gasteiger partial charge in [0.1, 0.15) is 0 Å². The Morgan fingerprint density at radius 2 is 1.81 bits per heavy atom. The Kier molecular flexibility index (Phi) is 6.02. The van der Waals surface area contributed by atoms with E-state index in [2.05, 4.69) is 20.8 Å². The molecule has 0 aromatic rings. The first kappa shape index (κ1) is 24.4. The zero-order valence-corrected chi connectivity index (χ0v) is 20.6. The predicted octanol–water partition coefficient (Wildman–Crippen LogP) is 3.77. The van der Waals surface area contributed by atoms with Crippen LogP contribution in [0.1, 0.15) is 92.4 Å². The molecular weight excluding hydrogens is 404 g/mol. The Hall–Kier alpha value is -0.750. The Labute approximate surface area is 193 Å². The zero-order chi connectivity index (χ0) is 23.7. The summed E-state index contributed by atoms with van der Waals surface area (Å²) in [7, 11) is 0. The number of carbonyl (C=O) groups excluding carboxylic acids is 1. The van der Waals surface area contributed by atoms with Crippen molar-refractivity contribution >= 4 is 5.78 Å². The Morgan fingerprint density at radius 1 is 1.12 bits per heavy atom. The minimum absolute atomic E-state index is 0.0148. The number of aliphatic hydroxyl groups excluding tert-OH is 2. The lowest BCUT2D eigenvalue weighted by Gasteiger charge is -2.59. The van der Waals surface area contributed by atoms with Crippen molar-refractivity contribution in [1.82, 2.24) is 0 Å². The van der Waals surface area contributed by atoms with Crippen molar-refractivity contribution in [1.29, 1.82) is 0 Å². The van der Waals surface area contributed by atoms with Crippen LogP contribution in [-0.2, 0) is 4.79 Å². The van der Waals surface area contributed by atoms with E-state index >= 15 is 0 Å². The highest BCUT2D eigenvalue weighted by Gasteiger charge is 2.66. The smallest absolute Gasteiger partial charge is 0.159 e. The SMILES string of the molecule is C[C@@H]([C@H](O)CCC(C)(C)O)[C@H]1CC[C@]2(O)C3=CC(=O)[C@@H]4C[C@@H](O)CC[C@]4(C)[C@H]3CC[C@]12C. The fourth-order valence-electron chi connectivity index (χ4n) is 8.23. The topological polar surface area (TPSA) is 98.0 Å². The molecule has 0 unspecified atom stereocenters. The second-order valence-corrected chi connectivity index (χ2v) is 12.8. The molecule has 4 aliphatic carbocycles. The van der Waals surface area contributed by atoms with Gasteiger partial charge in [-0.15, -0.1) is 0 Å². The number of hydrogen-bond acceptors (Lipinski definition) is 5. The van der Waals surface area contributed by atoms with Gasteiger partial charge < -0.3 is 20.4 Å². The number of allylic oxidation sites excluding steroid dienone is 1. The van der Waals surface area contributed by atoms with Gasteiger partial charge in [0.15, 0.2) is 5.78 Å². The summed E-state index contributed by atoms with van der Waals surface area (Å²) in [5, 5.41) is 43.4. The van der Waals surface area contributed by atoms with E-state index in [9.17, 15) is 25.2 Å². The summed E-state index contributed by atoms with van der Waals surface area (Å²) in [5.41, 5.74) is -1.43. The molecule has 5 heteroatoms. The number of hydrogen-bond donors (Lipinski definition) is 4. The molecular formula is C27H44O5. The summed E-state index contributed by atoms with van der Waals surface area (Å²) in [6, 6.07) is 0. The van der Waals surface area contributed by atoms with Gasteiger partial charge >= 0.3 is 0 Å². The van der Waals surface area contributed by atoms with E-state index < -0.39 is 23.4 Å². The molecule has 3 saturated carbocycles. The molecule has 3 fully saturated rings. The summed E-state index contributed by atoms with van der Waals surface area (Å²) >= 11 is 0. The van der Waals surface area contributed by atoms with Gasteiger partial charge in [0, 0.05) is 11.3 Å². The molecule has 9 atom stereocenters. The van der Waals surface area contributed by atoms with E-state index in [4.69, 9.17) is 0 Å². The molecule has 5 nitrogen and oxygen atoms in total. The summed E-state index contributed by atoms with van der Waals surface area (Å²) in [5.74, 6) is 0.301. The van der Waals surface area contributed by atoms with Gasteiger partial charge in [0.25, 0.3) is 0 Å². The molecule has 0 heterocycles. The fourth-order valence-corrected chi connectivity index (χ4v) is 8.23. The average Bonchev–Trinajstić information content (AvgIpc) is 2.98. The number of fused-ring (bicyclic) bond motifs is 5. The van der Waals surface area contributed by atoms with Crippen molar-refractivity contribution in [3.63, 3.8) is 0 Å². The molecule has 4 aliphatic rings. The zero-order valence-electron chi connectivity index (χ0n) is 20.6. The van der Waals surface area contributed by atoms with Crippen molar-refractivity contribution in [3.05, 3.63) is 11.6 Å². The van der Waals surface area contributed by atoms with Gasteiger partial charge in [-0.3, -0.25) is 4.79 Å². The first-order valence-electron chi connectivity index (χ1n) is 12.8. The van der Waals surface area contributed by atoms with Gasteiger partial charge in [-0.1, -0.05) is 20.8 Å². The van der Waals surface area contributed by atoms with Gasteiger partial charge in [-0.05, 0) is 106 Å². The summed E-state index contributed by atoms with van der Waals surface area (Å²) in [6.07, 6.45) is 7.33. The largest absolute Gasteiger partial charge is 0.393 e. The van der Waals surface area contributed by atoms with E-state index in [1.165, 1.54) is 0 Å². The van der Waals surface area contributed by atoms with Crippen LogP contribution in [-0.4, -0.2) is 49.6 Å². The van der Waals surface area contributed by atoms with E-state index in [1.54, 1.807) is 19.9 Å². The number of aliphatic hydroxyl groups is 4. The van der Waals surface area contributed by atoms with Crippen molar-refractivity contribution in [2.24, 2.45) is 34.5 Å². The third-order valence-corrected chi connectivity index (χ3v) is 10.4. The normalized spacial score (nSPS) is 46.0. The number of carbonyl (C=O) groups is 1. The van der Waals surface area contributed by atoms with Gasteiger partial charge in [0.05, 0.1) is 23.4 Å². The van der Waals surface area contributed by atoms with E-state index in [0.29, 0.717) is 25.7 Å². The van der Waals surface area contributed by atoms with Crippen LogP contribution in [0.4, 0.5) is 0 Å². The molecule has 0 bridgehead atoms. The third kappa shape index (κ3) is 3.62. The van der Waals surface area contributed by atoms with Gasteiger partial charge in [-0.2, -0.15) is 0 Å². The maximum absolute atomic E-state index is 13.2. The van der Waals surface area contributed by atoms with Crippen molar-refractivity contribution < 1.29 is 25.2 Å². The molecule has 0 aromatic heterocycles. The monoisotopic (exact) mass is 448 g/mol. The predicted molar refractivity (Wildman–Crippen MR) is 124 cm³/mol. The molecule has 0 spiro atoms. The highest BCUT2D eigenvalue weighted by atomic mass is 16.3. The number of ketones is 1. The highest BCUT2D eigenvalue weighted by Crippen LogP contribution is 2.68. The maximum Gasteiger partial charge on any atom is 0.159 e. The summed E-state index contributed by atoms with van der Waals surface area (Å²) < 4.78 is 0. The molecule has 0 aromatic carbocycles. The van der Waals surface area contributed by atoms with E-state index in [-0.39, 0.29) is 40.3 Å². The lowest BCUT2D eigenvalue weighted by molar-refractivity contribution is -0.142. The van der Waals surface area contributed by atoms with Crippen LogP contribution in [0, 0.1) is 34.5 Å². The molecule has 182 valence electrons. The van der Waals surface area contributed by atoms with Crippen molar-refractivity contribution in [3.8, 4) is 0 Å². The quantitative estimate of drug-likeness (QED) is 0.513. The summed E-state index contributed by atoms with van der Waals surface area (Å²) in [4.78, 5) is 13.2. The first-order chi connectivity index (χ1) is 14.7. The Bertz CT molecular complexity index is 783. The molecule has 0 aliphatic heterocycles. The van der Waals surface area contributed by atoms with Crippen LogP contribution >= 0.6 is 0 Å². The van der Waals surface area contributed by atoms with Gasteiger partial charge in [-0.25, -0.2) is 0 Å².